The largest absolute Gasteiger partial charge is 0.265 e. The predicted octanol–water partition coefficient (Wildman–Crippen LogP) is 3.86. The first-order valence-electron chi connectivity index (χ1n) is 5.79. The molecule has 1 fully saturated rings. The van der Waals surface area contributed by atoms with Crippen molar-refractivity contribution in [2.45, 2.75) is 31.6 Å². The van der Waals surface area contributed by atoms with Crippen LogP contribution >= 0.6 is 11.3 Å². The fraction of sp³-hybridized carbons (Fsp3) is 0.385. The Hall–Kier alpha value is -1.22. The molecular weight excluding hydrogens is 216 g/mol. The van der Waals surface area contributed by atoms with E-state index in [1.807, 2.05) is 35.9 Å². The van der Waals surface area contributed by atoms with Crippen LogP contribution in [0.1, 0.15) is 36.6 Å². The number of aromatic nitrogens is 2. The smallest absolute Gasteiger partial charge is 0.0963 e. The van der Waals surface area contributed by atoms with Crippen LogP contribution < -0.4 is 0 Å². The van der Waals surface area contributed by atoms with E-state index in [1.54, 1.807) is 0 Å². The van der Waals surface area contributed by atoms with E-state index in [2.05, 4.69) is 10.4 Å². The highest BCUT2D eigenvalue weighted by Gasteiger charge is 2.20. The van der Waals surface area contributed by atoms with Crippen LogP contribution in [0.3, 0.4) is 0 Å². The minimum absolute atomic E-state index is 0.723. The fourth-order valence-corrected chi connectivity index (χ4v) is 3.30. The monoisotopic (exact) mass is 230 g/mol. The summed E-state index contributed by atoms with van der Waals surface area (Å²) in [6.45, 7) is 0. The zero-order valence-corrected chi connectivity index (χ0v) is 9.91. The Morgan fingerprint density at radius 1 is 1.12 bits per heavy atom. The number of rotatable bonds is 2. The van der Waals surface area contributed by atoms with Gasteiger partial charge in [0.15, 0.2) is 0 Å². The molecule has 0 N–H and O–H groups in total. The lowest BCUT2D eigenvalue weighted by molar-refractivity contribution is 0.717. The molecule has 2 heterocycles. The van der Waals surface area contributed by atoms with E-state index in [0.717, 1.165) is 11.6 Å². The second-order valence-electron chi connectivity index (χ2n) is 4.29. The summed E-state index contributed by atoms with van der Waals surface area (Å²) in [7, 11) is 0. The van der Waals surface area contributed by atoms with Gasteiger partial charge in [-0.3, -0.25) is 4.98 Å². The van der Waals surface area contributed by atoms with Crippen LogP contribution in [-0.4, -0.2) is 9.97 Å². The van der Waals surface area contributed by atoms with Gasteiger partial charge in [-0.05, 0) is 25.0 Å². The minimum Gasteiger partial charge on any atom is -0.265 e. The molecule has 1 aliphatic carbocycles. The molecule has 0 amide bonds. The van der Waals surface area contributed by atoms with Crippen molar-refractivity contribution < 1.29 is 0 Å². The molecule has 0 aromatic carbocycles. The van der Waals surface area contributed by atoms with Crippen molar-refractivity contribution in [2.75, 3.05) is 0 Å². The van der Waals surface area contributed by atoms with Crippen molar-refractivity contribution in [1.29, 1.82) is 0 Å². The molecule has 0 bridgehead atoms. The third-order valence-corrected chi connectivity index (χ3v) is 4.21. The maximum atomic E-state index is 4.75. The van der Waals surface area contributed by atoms with Gasteiger partial charge in [0.25, 0.3) is 0 Å². The van der Waals surface area contributed by atoms with Crippen molar-refractivity contribution >= 4 is 11.3 Å². The fourth-order valence-electron chi connectivity index (χ4n) is 2.30. The number of pyridine rings is 1. The molecule has 0 saturated heterocycles. The summed E-state index contributed by atoms with van der Waals surface area (Å²) < 4.78 is 0. The standard InChI is InChI=1S/C13H14N2S/c1-2-4-11(3-1)13-15-12(9-16-13)10-5-7-14-8-6-10/h5-9,11H,1-4H2. The van der Waals surface area contributed by atoms with E-state index in [4.69, 9.17) is 4.98 Å². The van der Waals surface area contributed by atoms with Gasteiger partial charge in [0.05, 0.1) is 10.7 Å². The Kier molecular flexibility index (Phi) is 2.70. The first-order chi connectivity index (χ1) is 7.93. The summed E-state index contributed by atoms with van der Waals surface area (Å²) in [4.78, 5) is 8.78. The van der Waals surface area contributed by atoms with E-state index < -0.39 is 0 Å². The van der Waals surface area contributed by atoms with Gasteiger partial charge in [-0.25, -0.2) is 4.98 Å². The molecule has 2 aromatic heterocycles. The predicted molar refractivity (Wildman–Crippen MR) is 66.6 cm³/mol. The van der Waals surface area contributed by atoms with Crippen LogP contribution in [0.15, 0.2) is 29.9 Å². The lowest BCUT2D eigenvalue weighted by Gasteiger charge is -2.02. The quantitative estimate of drug-likeness (QED) is 0.782. The van der Waals surface area contributed by atoms with Gasteiger partial charge >= 0.3 is 0 Å². The second kappa shape index (κ2) is 4.34. The van der Waals surface area contributed by atoms with Crippen molar-refractivity contribution in [3.8, 4) is 11.3 Å². The summed E-state index contributed by atoms with van der Waals surface area (Å²) in [5, 5.41) is 3.49. The second-order valence-corrected chi connectivity index (χ2v) is 5.18. The third-order valence-electron chi connectivity index (χ3n) is 3.20. The number of thiazole rings is 1. The molecule has 2 aromatic rings. The van der Waals surface area contributed by atoms with E-state index in [9.17, 15) is 0 Å². The average molecular weight is 230 g/mol. The van der Waals surface area contributed by atoms with Crippen molar-refractivity contribution in [1.82, 2.24) is 9.97 Å². The molecule has 0 spiro atoms. The third kappa shape index (κ3) is 1.87. The molecular formula is C13H14N2S. The molecule has 0 unspecified atom stereocenters. The van der Waals surface area contributed by atoms with E-state index in [1.165, 1.54) is 36.3 Å². The van der Waals surface area contributed by atoms with Crippen LogP contribution in [0.2, 0.25) is 0 Å². The Morgan fingerprint density at radius 3 is 2.62 bits per heavy atom. The highest BCUT2D eigenvalue weighted by atomic mass is 32.1. The van der Waals surface area contributed by atoms with Gasteiger partial charge in [0.1, 0.15) is 0 Å². The zero-order chi connectivity index (χ0) is 10.8. The molecule has 2 nitrogen and oxygen atoms in total. The molecule has 16 heavy (non-hydrogen) atoms. The van der Waals surface area contributed by atoms with E-state index in [-0.39, 0.29) is 0 Å². The molecule has 1 saturated carbocycles. The normalized spacial score (nSPS) is 16.8. The lowest BCUT2D eigenvalue weighted by atomic mass is 10.1. The summed E-state index contributed by atoms with van der Waals surface area (Å²) >= 11 is 1.81. The maximum Gasteiger partial charge on any atom is 0.0963 e. The lowest BCUT2D eigenvalue weighted by Crippen LogP contribution is -1.90. The molecule has 82 valence electrons. The van der Waals surface area contributed by atoms with E-state index >= 15 is 0 Å². The SMILES string of the molecule is c1cc(-c2csc(C3CCCC3)n2)ccn1. The maximum absolute atomic E-state index is 4.75. The van der Waals surface area contributed by atoms with Crippen LogP contribution in [0.4, 0.5) is 0 Å². The Labute approximate surface area is 99.4 Å². The minimum atomic E-state index is 0.723. The van der Waals surface area contributed by atoms with Gasteiger partial charge in [-0.15, -0.1) is 11.3 Å². The highest BCUT2D eigenvalue weighted by molar-refractivity contribution is 7.10. The molecule has 1 aliphatic rings. The Morgan fingerprint density at radius 2 is 1.88 bits per heavy atom. The van der Waals surface area contributed by atoms with Gasteiger partial charge in [0, 0.05) is 29.3 Å². The summed E-state index contributed by atoms with van der Waals surface area (Å²) in [5.41, 5.74) is 2.28. The first kappa shape index (κ1) is 9.97. The van der Waals surface area contributed by atoms with Gasteiger partial charge < -0.3 is 0 Å². The summed E-state index contributed by atoms with van der Waals surface area (Å²) in [6.07, 6.45) is 9.03. The van der Waals surface area contributed by atoms with E-state index in [0.29, 0.717) is 0 Å². The number of hydrogen-bond donors (Lipinski definition) is 0. The molecule has 0 atom stereocenters. The first-order valence-corrected chi connectivity index (χ1v) is 6.67. The average Bonchev–Trinajstić information content (AvgIpc) is 3.01. The zero-order valence-electron chi connectivity index (χ0n) is 9.10. The van der Waals surface area contributed by atoms with Crippen molar-refractivity contribution in [3.05, 3.63) is 34.9 Å². The number of nitrogens with zero attached hydrogens (tertiary/aromatic N) is 2. The van der Waals surface area contributed by atoms with Crippen molar-refractivity contribution in [3.63, 3.8) is 0 Å². The molecule has 0 radical (unpaired) electrons. The van der Waals surface area contributed by atoms with Gasteiger partial charge in [0.2, 0.25) is 0 Å². The Bertz CT molecular complexity index is 458. The topological polar surface area (TPSA) is 25.8 Å². The summed E-state index contributed by atoms with van der Waals surface area (Å²) in [5.74, 6) is 0.723. The van der Waals surface area contributed by atoms with Crippen LogP contribution in [0, 0.1) is 0 Å². The van der Waals surface area contributed by atoms with Crippen LogP contribution in [0.25, 0.3) is 11.3 Å². The molecule has 3 rings (SSSR count). The van der Waals surface area contributed by atoms with Crippen LogP contribution in [-0.2, 0) is 0 Å². The van der Waals surface area contributed by atoms with Gasteiger partial charge in [-0.1, -0.05) is 12.8 Å². The Balaban J connectivity index is 1.87. The van der Waals surface area contributed by atoms with Crippen molar-refractivity contribution in [2.24, 2.45) is 0 Å². The van der Waals surface area contributed by atoms with Gasteiger partial charge in [-0.2, -0.15) is 0 Å². The highest BCUT2D eigenvalue weighted by Crippen LogP contribution is 2.36. The molecule has 3 heteroatoms. The van der Waals surface area contributed by atoms with Crippen LogP contribution in [0.5, 0.6) is 0 Å². The molecule has 0 aliphatic heterocycles. The summed E-state index contributed by atoms with van der Waals surface area (Å²) in [6, 6.07) is 4.04. The number of hydrogen-bond acceptors (Lipinski definition) is 3.